The molecule has 0 radical (unpaired) electrons. The molecule has 4 aliphatic heterocycles. The number of aromatic nitrogens is 1. The lowest BCUT2D eigenvalue weighted by Gasteiger charge is -2.20. The second-order valence-electron chi connectivity index (χ2n) is 12.2. The van der Waals surface area contributed by atoms with E-state index in [0.717, 1.165) is 28.8 Å². The molecule has 0 unspecified atom stereocenters. The molecular weight excluding hydrogens is 640 g/mol. The van der Waals surface area contributed by atoms with Gasteiger partial charge in [0.1, 0.15) is 11.9 Å². The highest BCUT2D eigenvalue weighted by atomic mass is 16.5. The first-order valence-corrected chi connectivity index (χ1v) is 16.2. The zero-order valence-electron chi connectivity index (χ0n) is 29.4. The maximum Gasteiger partial charge on any atom is 0.341 e. The van der Waals surface area contributed by atoms with Crippen molar-refractivity contribution in [3.63, 3.8) is 0 Å². The fourth-order valence-electron chi connectivity index (χ4n) is 6.94. The number of methoxy groups -OCH3 is 3. The number of aliphatic hydroxyl groups is 1. The monoisotopic (exact) mass is 680 g/mol. The van der Waals surface area contributed by atoms with Crippen LogP contribution in [0.5, 0.6) is 0 Å². The van der Waals surface area contributed by atoms with Crippen LogP contribution in [0.1, 0.15) is 63.1 Å². The van der Waals surface area contributed by atoms with Crippen LogP contribution in [-0.4, -0.2) is 72.7 Å². The van der Waals surface area contributed by atoms with Crippen LogP contribution in [-0.2, 0) is 39.8 Å². The van der Waals surface area contributed by atoms with Gasteiger partial charge in [-0.15, -0.1) is 0 Å². The molecule has 0 saturated heterocycles. The number of allylic oxidation sites excluding steroid dienone is 6. The summed E-state index contributed by atoms with van der Waals surface area (Å²) in [4.78, 5) is 69.4. The van der Waals surface area contributed by atoms with Gasteiger partial charge < -0.3 is 24.3 Å². The van der Waals surface area contributed by atoms with Gasteiger partial charge in [-0.25, -0.2) is 19.6 Å². The van der Waals surface area contributed by atoms with Gasteiger partial charge in [-0.2, -0.15) is 0 Å². The standard InChI is InChI=1S/C38H40N4O8/c1-9-22-18(2)26-15-29-23(11-10-14-43)19(3)33(41-29)25(17-44)34-20(4)24(12-13-30(45)48-6)35(42-34)32(38(47)50-8)36-31(37(46)49-7)21(5)27(40-36)16-28(22)39-26/h10-11,14-17,20,24,39,44H,9,12-13H2,1-8H3/b11-10+,25-17-,27-16?,29-15?,35-32?/t20-,24-/m0/s1. The summed E-state index contributed by atoms with van der Waals surface area (Å²) in [6, 6.07) is 0. The molecule has 4 aliphatic rings. The van der Waals surface area contributed by atoms with Crippen molar-refractivity contribution < 1.29 is 38.5 Å². The second-order valence-corrected chi connectivity index (χ2v) is 12.2. The lowest BCUT2D eigenvalue weighted by molar-refractivity contribution is -0.141. The van der Waals surface area contributed by atoms with E-state index >= 15 is 0 Å². The van der Waals surface area contributed by atoms with Crippen molar-refractivity contribution in [2.24, 2.45) is 26.8 Å². The lowest BCUT2D eigenvalue weighted by atomic mass is 9.81. The molecule has 0 aliphatic carbocycles. The molecule has 0 aromatic carbocycles. The number of hydrogen-bond donors (Lipinski definition) is 2. The third-order valence-corrected chi connectivity index (χ3v) is 9.65. The number of aromatic amines is 1. The number of H-pyrrole nitrogens is 1. The highest BCUT2D eigenvalue weighted by molar-refractivity contribution is 6.38. The maximum atomic E-state index is 13.9. The van der Waals surface area contributed by atoms with Crippen molar-refractivity contribution in [1.29, 1.82) is 0 Å². The minimum Gasteiger partial charge on any atom is -0.515 e. The number of aliphatic hydroxyl groups excluding tert-OH is 1. The average Bonchev–Trinajstić information content (AvgIpc) is 3.80. The van der Waals surface area contributed by atoms with Gasteiger partial charge in [0.05, 0.1) is 73.0 Å². The number of nitrogens with one attached hydrogen (secondary N) is 1. The average molecular weight is 681 g/mol. The van der Waals surface area contributed by atoms with Gasteiger partial charge >= 0.3 is 17.9 Å². The first-order valence-electron chi connectivity index (χ1n) is 16.2. The molecule has 260 valence electrons. The molecule has 0 fully saturated rings. The smallest absolute Gasteiger partial charge is 0.341 e. The van der Waals surface area contributed by atoms with E-state index in [-0.39, 0.29) is 41.0 Å². The highest BCUT2D eigenvalue weighted by Crippen LogP contribution is 2.43. The Hall–Kier alpha value is -5.65. The molecule has 12 nitrogen and oxygen atoms in total. The molecule has 12 heteroatoms. The number of aldehydes is 1. The molecule has 5 heterocycles. The lowest BCUT2D eigenvalue weighted by Crippen LogP contribution is -2.25. The van der Waals surface area contributed by atoms with Crippen LogP contribution in [0, 0.1) is 18.8 Å². The molecule has 0 amide bonds. The van der Waals surface area contributed by atoms with E-state index in [4.69, 9.17) is 29.2 Å². The number of aliphatic imine (C=N–C) groups is 3. The number of fused-ring (bicyclic) bond motifs is 5. The SMILES string of the molecule is CCc1c2[nH]c(c1C)C=C1N=C(C(C)=C1/C=C/C=O)/C(=C/O)C1=NC(=C(C(=O)OC)C3=NC(=C2)C(C)=C3C(=O)OC)[C@@H](CCC(=O)OC)[C@@H]1C. The summed E-state index contributed by atoms with van der Waals surface area (Å²) in [6.07, 6.45) is 9.27. The van der Waals surface area contributed by atoms with E-state index in [0.29, 0.717) is 52.2 Å². The zero-order valence-corrected chi connectivity index (χ0v) is 29.4. The van der Waals surface area contributed by atoms with Crippen molar-refractivity contribution in [2.75, 3.05) is 21.3 Å². The van der Waals surface area contributed by atoms with Gasteiger partial charge in [-0.05, 0) is 80.2 Å². The fourth-order valence-corrected chi connectivity index (χ4v) is 6.94. The van der Waals surface area contributed by atoms with E-state index < -0.39 is 29.7 Å². The highest BCUT2D eigenvalue weighted by Gasteiger charge is 2.43. The van der Waals surface area contributed by atoms with Gasteiger partial charge in [0.25, 0.3) is 0 Å². The summed E-state index contributed by atoms with van der Waals surface area (Å²) in [7, 11) is 3.77. The molecule has 1 aromatic rings. The van der Waals surface area contributed by atoms with Crippen molar-refractivity contribution in [1.82, 2.24) is 4.98 Å². The van der Waals surface area contributed by atoms with E-state index in [9.17, 15) is 24.3 Å². The van der Waals surface area contributed by atoms with Crippen LogP contribution < -0.4 is 0 Å². The molecule has 8 bridgehead atoms. The Morgan fingerprint density at radius 3 is 2.18 bits per heavy atom. The van der Waals surface area contributed by atoms with E-state index in [1.807, 2.05) is 39.8 Å². The Balaban J connectivity index is 1.94. The summed E-state index contributed by atoms with van der Waals surface area (Å²) in [6.45, 7) is 9.46. The van der Waals surface area contributed by atoms with Crippen LogP contribution in [0.3, 0.4) is 0 Å². The number of nitrogens with zero attached hydrogens (tertiary/aromatic N) is 3. The van der Waals surface area contributed by atoms with E-state index in [1.54, 1.807) is 13.0 Å². The van der Waals surface area contributed by atoms with Crippen LogP contribution >= 0.6 is 0 Å². The summed E-state index contributed by atoms with van der Waals surface area (Å²) in [5.74, 6) is -2.99. The van der Waals surface area contributed by atoms with Crippen molar-refractivity contribution in [3.8, 4) is 0 Å². The molecule has 0 saturated carbocycles. The number of hydrogen-bond acceptors (Lipinski definition) is 11. The predicted octanol–water partition coefficient (Wildman–Crippen LogP) is 5.58. The van der Waals surface area contributed by atoms with Crippen LogP contribution in [0.15, 0.2) is 83.9 Å². The molecule has 1 aromatic heterocycles. The van der Waals surface area contributed by atoms with E-state index in [1.165, 1.54) is 27.4 Å². The molecular formula is C38H40N4O8. The number of carbonyl (C=O) groups is 4. The Morgan fingerprint density at radius 2 is 1.56 bits per heavy atom. The molecule has 5 rings (SSSR count). The number of rotatable bonds is 8. The fraction of sp³-hybridized carbons (Fsp3) is 0.342. The van der Waals surface area contributed by atoms with Gasteiger partial charge in [-0.1, -0.05) is 13.8 Å². The van der Waals surface area contributed by atoms with Gasteiger partial charge in [0.2, 0.25) is 0 Å². The Bertz CT molecular complexity index is 2020. The largest absolute Gasteiger partial charge is 0.515 e. The molecule has 50 heavy (non-hydrogen) atoms. The third-order valence-electron chi connectivity index (χ3n) is 9.65. The van der Waals surface area contributed by atoms with Crippen LogP contribution in [0.4, 0.5) is 0 Å². The Labute approximate surface area is 290 Å². The summed E-state index contributed by atoms with van der Waals surface area (Å²) >= 11 is 0. The topological polar surface area (TPSA) is 169 Å². The van der Waals surface area contributed by atoms with E-state index in [2.05, 4.69) is 4.98 Å². The molecule has 2 N–H and O–H groups in total. The number of carbonyl (C=O) groups excluding carboxylic acids is 4. The Morgan fingerprint density at radius 1 is 0.900 bits per heavy atom. The summed E-state index contributed by atoms with van der Waals surface area (Å²) < 4.78 is 15.4. The summed E-state index contributed by atoms with van der Waals surface area (Å²) in [5, 5.41) is 10.8. The number of esters is 3. The van der Waals surface area contributed by atoms with Gasteiger partial charge in [0.15, 0.2) is 0 Å². The van der Waals surface area contributed by atoms with Gasteiger partial charge in [-0.3, -0.25) is 14.6 Å². The van der Waals surface area contributed by atoms with Crippen LogP contribution in [0.25, 0.3) is 12.2 Å². The normalized spacial score (nSPS) is 21.0. The molecule has 0 spiro atoms. The van der Waals surface area contributed by atoms with Crippen LogP contribution in [0.2, 0.25) is 0 Å². The molecule has 2 atom stereocenters. The summed E-state index contributed by atoms with van der Waals surface area (Å²) in [5.41, 5.74) is 7.67. The first-order chi connectivity index (χ1) is 23.9. The quantitative estimate of drug-likeness (QED) is 0.118. The second kappa shape index (κ2) is 14.5. The Kier molecular flexibility index (Phi) is 10.3. The minimum atomic E-state index is -0.793. The van der Waals surface area contributed by atoms with Crippen molar-refractivity contribution in [2.45, 2.75) is 53.9 Å². The zero-order chi connectivity index (χ0) is 36.4. The first kappa shape index (κ1) is 35.7. The predicted molar refractivity (Wildman–Crippen MR) is 189 cm³/mol. The number of ether oxygens (including phenoxy) is 3. The minimum absolute atomic E-state index is 0.00225. The van der Waals surface area contributed by atoms with Crippen molar-refractivity contribution in [3.05, 3.63) is 91.5 Å². The maximum absolute atomic E-state index is 13.9. The van der Waals surface area contributed by atoms with Crippen molar-refractivity contribution >= 4 is 53.5 Å². The third kappa shape index (κ3) is 6.06. The van der Waals surface area contributed by atoms with Gasteiger partial charge in [0, 0.05) is 35.2 Å².